The molecule has 0 unspecified atom stereocenters. The third kappa shape index (κ3) is 5.29. The van der Waals surface area contributed by atoms with Crippen LogP contribution in [-0.2, 0) is 20.8 Å². The number of benzene rings is 1. The molecule has 2 heterocycles. The molecule has 1 aromatic rings. The van der Waals surface area contributed by atoms with Gasteiger partial charge in [0.2, 0.25) is 17.7 Å². The highest BCUT2D eigenvalue weighted by molar-refractivity contribution is 5.94. The van der Waals surface area contributed by atoms with Crippen molar-refractivity contribution in [1.82, 2.24) is 20.4 Å². The van der Waals surface area contributed by atoms with Gasteiger partial charge in [0, 0.05) is 25.6 Å². The minimum absolute atomic E-state index is 0.0584. The molecule has 3 fully saturated rings. The molecule has 2 aliphatic heterocycles. The third-order valence-electron chi connectivity index (χ3n) is 8.10. The lowest BCUT2D eigenvalue weighted by atomic mass is 9.83. The molecule has 2 N–H and O–H groups in total. The van der Waals surface area contributed by atoms with Crippen LogP contribution in [0.15, 0.2) is 30.3 Å². The Bertz CT molecular complexity index is 851. The van der Waals surface area contributed by atoms with Crippen molar-refractivity contribution >= 4 is 17.7 Å². The van der Waals surface area contributed by atoms with Gasteiger partial charge in [0.1, 0.15) is 12.1 Å². The highest BCUT2D eigenvalue weighted by atomic mass is 16.2. The Labute approximate surface area is 203 Å². The number of carbonyl (C=O) groups is 3. The van der Waals surface area contributed by atoms with Gasteiger partial charge < -0.3 is 20.4 Å². The fourth-order valence-electron chi connectivity index (χ4n) is 6.10. The van der Waals surface area contributed by atoms with Gasteiger partial charge in [-0.1, -0.05) is 56.5 Å². The molecule has 7 heteroatoms. The first-order valence-electron chi connectivity index (χ1n) is 13.1. The van der Waals surface area contributed by atoms with Gasteiger partial charge in [-0.15, -0.1) is 0 Å². The van der Waals surface area contributed by atoms with E-state index < -0.39 is 6.04 Å². The van der Waals surface area contributed by atoms with Gasteiger partial charge in [-0.3, -0.25) is 14.4 Å². The van der Waals surface area contributed by atoms with Gasteiger partial charge in [0.15, 0.2) is 0 Å². The van der Waals surface area contributed by atoms with Crippen LogP contribution in [0.4, 0.5) is 0 Å². The Balaban J connectivity index is 1.45. The molecule has 4 atom stereocenters. The summed E-state index contributed by atoms with van der Waals surface area (Å²) in [5, 5.41) is 6.15. The van der Waals surface area contributed by atoms with Crippen LogP contribution in [0.2, 0.25) is 0 Å². The van der Waals surface area contributed by atoms with Crippen LogP contribution < -0.4 is 10.6 Å². The van der Waals surface area contributed by atoms with E-state index in [4.69, 9.17) is 0 Å². The van der Waals surface area contributed by atoms with Crippen LogP contribution in [0.25, 0.3) is 0 Å². The molecular formula is C27H40N4O3. The zero-order valence-corrected chi connectivity index (χ0v) is 20.7. The normalized spacial score (nSPS) is 24.7. The van der Waals surface area contributed by atoms with Gasteiger partial charge >= 0.3 is 0 Å². The predicted molar refractivity (Wildman–Crippen MR) is 132 cm³/mol. The smallest absolute Gasteiger partial charge is 0.246 e. The largest absolute Gasteiger partial charge is 0.343 e. The molecule has 0 aromatic heterocycles. The first-order valence-corrected chi connectivity index (χ1v) is 13.1. The number of likely N-dealkylation sites (N-methyl/N-ethyl adjacent to an activating group) is 1. The second kappa shape index (κ2) is 11.3. The third-order valence-corrected chi connectivity index (χ3v) is 8.10. The molecule has 0 bridgehead atoms. The van der Waals surface area contributed by atoms with Crippen molar-refractivity contribution in [1.29, 1.82) is 0 Å². The van der Waals surface area contributed by atoms with E-state index in [1.165, 1.54) is 12.0 Å². The fraction of sp³-hybridized carbons (Fsp3) is 0.667. The lowest BCUT2D eigenvalue weighted by Gasteiger charge is -2.35. The van der Waals surface area contributed by atoms with Gasteiger partial charge in [-0.05, 0) is 50.6 Å². The Kier molecular flexibility index (Phi) is 8.24. The number of rotatable bonds is 9. The number of likely N-dealkylation sites (tertiary alicyclic amines) is 2. The lowest BCUT2D eigenvalue weighted by molar-refractivity contribution is -0.144. The number of hydrogen-bond donors (Lipinski definition) is 2. The summed E-state index contributed by atoms with van der Waals surface area (Å²) in [5.41, 5.74) is 1.22. The number of fused-ring (bicyclic) bond motifs is 1. The van der Waals surface area contributed by atoms with Crippen molar-refractivity contribution in [3.63, 3.8) is 0 Å². The fourth-order valence-corrected chi connectivity index (χ4v) is 6.10. The molecule has 0 radical (unpaired) electrons. The second-order valence-corrected chi connectivity index (χ2v) is 10.2. The molecule has 4 rings (SSSR count). The maximum atomic E-state index is 13.9. The molecule has 0 spiro atoms. The second-order valence-electron chi connectivity index (χ2n) is 10.2. The SMILES string of the molecule is CC[C@@H](NC)C(=O)N[C@H](C(=O)N1CC[C@H]2CN(CCc3ccccc3)C(=O)[C@H]21)C1CCCCC1. The minimum atomic E-state index is -0.542. The van der Waals surface area contributed by atoms with E-state index in [0.29, 0.717) is 19.5 Å². The summed E-state index contributed by atoms with van der Waals surface area (Å²) in [6.07, 6.45) is 7.60. The van der Waals surface area contributed by atoms with E-state index >= 15 is 0 Å². The van der Waals surface area contributed by atoms with E-state index in [9.17, 15) is 14.4 Å². The molecule has 1 aromatic carbocycles. The van der Waals surface area contributed by atoms with Crippen molar-refractivity contribution in [3.8, 4) is 0 Å². The summed E-state index contributed by atoms with van der Waals surface area (Å²) in [5.74, 6) is 0.228. The van der Waals surface area contributed by atoms with E-state index in [2.05, 4.69) is 22.8 Å². The van der Waals surface area contributed by atoms with Gasteiger partial charge in [0.05, 0.1) is 6.04 Å². The van der Waals surface area contributed by atoms with Crippen LogP contribution in [0.5, 0.6) is 0 Å². The van der Waals surface area contributed by atoms with Crippen LogP contribution in [0, 0.1) is 11.8 Å². The summed E-state index contributed by atoms with van der Waals surface area (Å²) >= 11 is 0. The van der Waals surface area contributed by atoms with Crippen molar-refractivity contribution in [3.05, 3.63) is 35.9 Å². The number of hydrogen-bond acceptors (Lipinski definition) is 4. The topological polar surface area (TPSA) is 81.8 Å². The average Bonchev–Trinajstić information content (AvgIpc) is 3.42. The van der Waals surface area contributed by atoms with Crippen LogP contribution in [-0.4, -0.2) is 72.3 Å². The summed E-state index contributed by atoms with van der Waals surface area (Å²) in [4.78, 5) is 43.9. The molecular weight excluding hydrogens is 428 g/mol. The molecule has 7 nitrogen and oxygen atoms in total. The molecule has 1 saturated carbocycles. The molecule has 3 aliphatic rings. The zero-order valence-electron chi connectivity index (χ0n) is 20.7. The number of nitrogens with zero attached hydrogens (tertiary/aromatic N) is 2. The van der Waals surface area contributed by atoms with Crippen molar-refractivity contribution in [2.24, 2.45) is 11.8 Å². The van der Waals surface area contributed by atoms with E-state index in [-0.39, 0.29) is 41.6 Å². The maximum absolute atomic E-state index is 13.9. The van der Waals surface area contributed by atoms with Crippen LogP contribution in [0.3, 0.4) is 0 Å². The van der Waals surface area contributed by atoms with Crippen molar-refractivity contribution in [2.75, 3.05) is 26.7 Å². The lowest BCUT2D eigenvalue weighted by Crippen LogP contribution is -2.58. The number of carbonyl (C=O) groups excluding carboxylic acids is 3. The minimum Gasteiger partial charge on any atom is -0.343 e. The number of amides is 3. The predicted octanol–water partition coefficient (Wildman–Crippen LogP) is 2.35. The first kappa shape index (κ1) is 24.7. The van der Waals surface area contributed by atoms with E-state index in [1.54, 1.807) is 11.9 Å². The maximum Gasteiger partial charge on any atom is 0.246 e. The first-order chi connectivity index (χ1) is 16.5. The quantitative estimate of drug-likeness (QED) is 0.583. The highest BCUT2D eigenvalue weighted by Crippen LogP contribution is 2.35. The summed E-state index contributed by atoms with van der Waals surface area (Å²) in [7, 11) is 1.78. The van der Waals surface area contributed by atoms with Crippen molar-refractivity contribution < 1.29 is 14.4 Å². The summed E-state index contributed by atoms with van der Waals surface area (Å²) in [6.45, 7) is 3.97. The standard InChI is InChI=1S/C27H40N4O3/c1-3-22(28-2)25(32)29-23(20-12-8-5-9-13-20)26(33)31-17-15-21-18-30(27(34)24(21)31)16-14-19-10-6-4-7-11-19/h4,6-7,10-11,20-24,28H,3,5,8-9,12-18H2,1-2H3,(H,29,32)/t21-,22+,23-,24-/m0/s1. The molecule has 3 amide bonds. The monoisotopic (exact) mass is 468 g/mol. The number of nitrogens with one attached hydrogen (secondary N) is 2. The van der Waals surface area contributed by atoms with Crippen LogP contribution >= 0.6 is 0 Å². The van der Waals surface area contributed by atoms with Crippen LogP contribution in [0.1, 0.15) is 57.4 Å². The zero-order chi connectivity index (χ0) is 24.1. The van der Waals surface area contributed by atoms with E-state index in [1.807, 2.05) is 30.0 Å². The van der Waals surface area contributed by atoms with Gasteiger partial charge in [-0.25, -0.2) is 0 Å². The van der Waals surface area contributed by atoms with Crippen molar-refractivity contribution in [2.45, 2.75) is 76.4 Å². The van der Waals surface area contributed by atoms with Gasteiger partial charge in [-0.2, -0.15) is 0 Å². The van der Waals surface area contributed by atoms with Gasteiger partial charge in [0.25, 0.3) is 0 Å². The molecule has 34 heavy (non-hydrogen) atoms. The Hall–Kier alpha value is -2.41. The molecule has 1 aliphatic carbocycles. The Morgan fingerprint density at radius 2 is 1.82 bits per heavy atom. The Morgan fingerprint density at radius 3 is 2.50 bits per heavy atom. The average molecular weight is 469 g/mol. The highest BCUT2D eigenvalue weighted by Gasteiger charge is 2.51. The Morgan fingerprint density at radius 1 is 1.09 bits per heavy atom. The summed E-state index contributed by atoms with van der Waals surface area (Å²) < 4.78 is 0. The molecule has 2 saturated heterocycles. The summed E-state index contributed by atoms with van der Waals surface area (Å²) in [6, 6.07) is 8.98. The molecule has 186 valence electrons. The van der Waals surface area contributed by atoms with E-state index in [0.717, 1.165) is 45.1 Å².